The Balaban J connectivity index is 2.28. The highest BCUT2D eigenvalue weighted by Crippen LogP contribution is 2.22. The minimum absolute atomic E-state index is 0.192. The summed E-state index contributed by atoms with van der Waals surface area (Å²) >= 11 is 0. The molecule has 0 N–H and O–H groups in total. The lowest BCUT2D eigenvalue weighted by Crippen LogP contribution is -2.12. The fraction of sp³-hybridized carbons (Fsp3) is 0.400. The summed E-state index contributed by atoms with van der Waals surface area (Å²) in [7, 11) is 0. The van der Waals surface area contributed by atoms with Gasteiger partial charge in [-0.15, -0.1) is 0 Å². The molecule has 0 aliphatic carbocycles. The standard InChI is InChI=1S/C15H19NO2/c1-4-18-15(17)10-16-8-7-13-9-12(11(2)3)5-6-14(13)16/h5-9,11H,4,10H2,1-3H3. The molecule has 0 radical (unpaired) electrons. The van der Waals surface area contributed by atoms with E-state index in [0.29, 0.717) is 12.5 Å². The Kier molecular flexibility index (Phi) is 3.70. The predicted octanol–water partition coefficient (Wildman–Crippen LogP) is 3.33. The Morgan fingerprint density at radius 1 is 1.33 bits per heavy atom. The number of aromatic nitrogens is 1. The van der Waals surface area contributed by atoms with Crippen molar-refractivity contribution in [3.8, 4) is 0 Å². The van der Waals surface area contributed by atoms with E-state index in [0.717, 1.165) is 5.52 Å². The van der Waals surface area contributed by atoms with Crippen molar-refractivity contribution in [2.24, 2.45) is 0 Å². The molecule has 0 aliphatic rings. The van der Waals surface area contributed by atoms with Gasteiger partial charge in [-0.1, -0.05) is 19.9 Å². The van der Waals surface area contributed by atoms with Crippen molar-refractivity contribution in [2.45, 2.75) is 33.2 Å². The highest BCUT2D eigenvalue weighted by Gasteiger charge is 2.08. The molecule has 0 saturated carbocycles. The van der Waals surface area contributed by atoms with Crippen molar-refractivity contribution in [3.63, 3.8) is 0 Å². The third kappa shape index (κ3) is 2.55. The Bertz CT molecular complexity index is 555. The van der Waals surface area contributed by atoms with E-state index in [-0.39, 0.29) is 12.5 Å². The van der Waals surface area contributed by atoms with Crippen LogP contribution in [-0.2, 0) is 16.1 Å². The lowest BCUT2D eigenvalue weighted by molar-refractivity contribution is -0.143. The molecular formula is C15H19NO2. The predicted molar refractivity (Wildman–Crippen MR) is 72.7 cm³/mol. The molecule has 3 nitrogen and oxygen atoms in total. The van der Waals surface area contributed by atoms with Crippen molar-refractivity contribution < 1.29 is 9.53 Å². The van der Waals surface area contributed by atoms with Crippen molar-refractivity contribution in [1.82, 2.24) is 4.57 Å². The average Bonchev–Trinajstić information content (AvgIpc) is 2.72. The number of carbonyl (C=O) groups excluding carboxylic acids is 1. The molecular weight excluding hydrogens is 226 g/mol. The summed E-state index contributed by atoms with van der Waals surface area (Å²) in [5.41, 5.74) is 2.39. The first-order valence-electron chi connectivity index (χ1n) is 6.36. The molecule has 0 bridgehead atoms. The van der Waals surface area contributed by atoms with Gasteiger partial charge in [0.2, 0.25) is 0 Å². The Labute approximate surface area is 107 Å². The Hall–Kier alpha value is -1.77. The van der Waals surface area contributed by atoms with Gasteiger partial charge in [0.1, 0.15) is 6.54 Å². The van der Waals surface area contributed by atoms with E-state index < -0.39 is 0 Å². The summed E-state index contributed by atoms with van der Waals surface area (Å²) in [6.45, 7) is 6.88. The van der Waals surface area contributed by atoms with Crippen LogP contribution in [0, 0.1) is 0 Å². The van der Waals surface area contributed by atoms with Crippen molar-refractivity contribution in [1.29, 1.82) is 0 Å². The number of esters is 1. The molecule has 2 aromatic rings. The fourth-order valence-electron chi connectivity index (χ4n) is 2.06. The molecule has 1 aromatic carbocycles. The van der Waals surface area contributed by atoms with E-state index in [1.165, 1.54) is 10.9 Å². The monoisotopic (exact) mass is 245 g/mol. The molecule has 0 unspecified atom stereocenters. The van der Waals surface area contributed by atoms with Crippen LogP contribution >= 0.6 is 0 Å². The maximum absolute atomic E-state index is 11.5. The molecule has 18 heavy (non-hydrogen) atoms. The number of rotatable bonds is 4. The summed E-state index contributed by atoms with van der Waals surface area (Å²) in [4.78, 5) is 11.5. The molecule has 0 aliphatic heterocycles. The van der Waals surface area contributed by atoms with Gasteiger partial charge in [0.05, 0.1) is 6.61 Å². The number of fused-ring (bicyclic) bond motifs is 1. The van der Waals surface area contributed by atoms with Crippen molar-refractivity contribution in [2.75, 3.05) is 6.61 Å². The molecule has 0 spiro atoms. The third-order valence-corrected chi connectivity index (χ3v) is 3.07. The van der Waals surface area contributed by atoms with Gasteiger partial charge in [0, 0.05) is 11.7 Å². The summed E-state index contributed by atoms with van der Waals surface area (Å²) in [5.74, 6) is 0.325. The second-order valence-corrected chi connectivity index (χ2v) is 4.72. The summed E-state index contributed by atoms with van der Waals surface area (Å²) in [5, 5.41) is 1.17. The number of ether oxygens (including phenoxy) is 1. The smallest absolute Gasteiger partial charge is 0.325 e. The van der Waals surface area contributed by atoms with E-state index in [2.05, 4.69) is 32.0 Å². The zero-order valence-corrected chi connectivity index (χ0v) is 11.1. The van der Waals surface area contributed by atoms with Crippen LogP contribution in [0.5, 0.6) is 0 Å². The Morgan fingerprint density at radius 2 is 2.11 bits per heavy atom. The molecule has 0 atom stereocenters. The number of benzene rings is 1. The number of hydrogen-bond donors (Lipinski definition) is 0. The van der Waals surface area contributed by atoms with Crippen LogP contribution in [0.2, 0.25) is 0 Å². The highest BCUT2D eigenvalue weighted by atomic mass is 16.5. The summed E-state index contributed by atoms with van der Waals surface area (Å²) in [6, 6.07) is 8.42. The Morgan fingerprint density at radius 3 is 2.78 bits per heavy atom. The van der Waals surface area contributed by atoms with Crippen LogP contribution < -0.4 is 0 Å². The molecule has 96 valence electrons. The summed E-state index contributed by atoms with van der Waals surface area (Å²) < 4.78 is 6.89. The molecule has 3 heteroatoms. The van der Waals surface area contributed by atoms with E-state index in [1.54, 1.807) is 0 Å². The first-order chi connectivity index (χ1) is 8.61. The molecule has 0 fully saturated rings. The second-order valence-electron chi connectivity index (χ2n) is 4.72. The first kappa shape index (κ1) is 12.7. The quantitative estimate of drug-likeness (QED) is 0.774. The highest BCUT2D eigenvalue weighted by molar-refractivity contribution is 5.82. The zero-order chi connectivity index (χ0) is 13.1. The van der Waals surface area contributed by atoms with Crippen LogP contribution in [0.25, 0.3) is 10.9 Å². The fourth-order valence-corrected chi connectivity index (χ4v) is 2.06. The van der Waals surface area contributed by atoms with Gasteiger partial charge in [-0.2, -0.15) is 0 Å². The zero-order valence-electron chi connectivity index (χ0n) is 11.1. The number of nitrogens with zero attached hydrogens (tertiary/aromatic N) is 1. The van der Waals surface area contributed by atoms with E-state index >= 15 is 0 Å². The van der Waals surface area contributed by atoms with Crippen molar-refractivity contribution in [3.05, 3.63) is 36.0 Å². The lowest BCUT2D eigenvalue weighted by Gasteiger charge is -2.07. The normalized spacial score (nSPS) is 11.1. The van der Waals surface area contributed by atoms with Crippen LogP contribution in [-0.4, -0.2) is 17.1 Å². The van der Waals surface area contributed by atoms with Crippen LogP contribution in [0.3, 0.4) is 0 Å². The first-order valence-corrected chi connectivity index (χ1v) is 6.36. The maximum atomic E-state index is 11.5. The van der Waals surface area contributed by atoms with E-state index in [9.17, 15) is 4.79 Å². The SMILES string of the molecule is CCOC(=O)Cn1ccc2cc(C(C)C)ccc21. The lowest BCUT2D eigenvalue weighted by atomic mass is 10.0. The van der Waals surface area contributed by atoms with Gasteiger partial charge in [-0.25, -0.2) is 0 Å². The van der Waals surface area contributed by atoms with Gasteiger partial charge in [-0.3, -0.25) is 4.79 Å². The van der Waals surface area contributed by atoms with E-state index in [4.69, 9.17) is 4.74 Å². The third-order valence-electron chi connectivity index (χ3n) is 3.07. The minimum Gasteiger partial charge on any atom is -0.465 e. The molecule has 0 saturated heterocycles. The van der Waals surface area contributed by atoms with Gasteiger partial charge >= 0.3 is 5.97 Å². The minimum atomic E-state index is -0.192. The topological polar surface area (TPSA) is 31.2 Å². The average molecular weight is 245 g/mol. The van der Waals surface area contributed by atoms with Crippen molar-refractivity contribution >= 4 is 16.9 Å². The van der Waals surface area contributed by atoms with E-state index in [1.807, 2.05) is 23.8 Å². The van der Waals surface area contributed by atoms with Crippen LogP contribution in [0.1, 0.15) is 32.3 Å². The summed E-state index contributed by atoms with van der Waals surface area (Å²) in [6.07, 6.45) is 1.94. The molecule has 2 rings (SSSR count). The number of hydrogen-bond acceptors (Lipinski definition) is 2. The molecule has 0 amide bonds. The second kappa shape index (κ2) is 5.25. The van der Waals surface area contributed by atoms with Crippen LogP contribution in [0.15, 0.2) is 30.5 Å². The molecule has 1 aromatic heterocycles. The largest absolute Gasteiger partial charge is 0.465 e. The van der Waals surface area contributed by atoms with Crippen LogP contribution in [0.4, 0.5) is 0 Å². The number of carbonyl (C=O) groups is 1. The van der Waals surface area contributed by atoms with Gasteiger partial charge < -0.3 is 9.30 Å². The van der Waals surface area contributed by atoms with Gasteiger partial charge in [0.25, 0.3) is 0 Å². The molecule has 1 heterocycles. The maximum Gasteiger partial charge on any atom is 0.325 e. The van der Waals surface area contributed by atoms with Gasteiger partial charge in [-0.05, 0) is 42.0 Å². The van der Waals surface area contributed by atoms with Gasteiger partial charge in [0.15, 0.2) is 0 Å².